The summed E-state index contributed by atoms with van der Waals surface area (Å²) in [5.74, 6) is -2.07. The average molecular weight is 278 g/mol. The smallest absolute Gasteiger partial charge is 0.341 e. The van der Waals surface area contributed by atoms with Crippen LogP contribution in [0.15, 0.2) is 34.9 Å². The zero-order valence-corrected chi connectivity index (χ0v) is 10.6. The van der Waals surface area contributed by atoms with E-state index in [0.717, 1.165) is 6.07 Å². The molecule has 0 spiro atoms. The molecule has 6 nitrogen and oxygen atoms in total. The van der Waals surface area contributed by atoms with Gasteiger partial charge < -0.3 is 9.26 Å². The molecule has 0 aliphatic heterocycles. The Morgan fingerprint density at radius 1 is 1.40 bits per heavy atom. The Hall–Kier alpha value is -2.70. The van der Waals surface area contributed by atoms with E-state index in [9.17, 15) is 14.0 Å². The van der Waals surface area contributed by atoms with Gasteiger partial charge in [0.05, 0.1) is 11.3 Å². The van der Waals surface area contributed by atoms with Crippen LogP contribution in [-0.2, 0) is 9.53 Å². The summed E-state index contributed by atoms with van der Waals surface area (Å²) >= 11 is 0. The third-order valence-electron chi connectivity index (χ3n) is 2.32. The molecule has 0 saturated carbocycles. The summed E-state index contributed by atoms with van der Waals surface area (Å²) in [5.41, 5.74) is 0.375. The van der Waals surface area contributed by atoms with Crippen molar-refractivity contribution in [3.63, 3.8) is 0 Å². The monoisotopic (exact) mass is 278 g/mol. The lowest BCUT2D eigenvalue weighted by atomic mass is 10.2. The number of esters is 1. The highest BCUT2D eigenvalue weighted by atomic mass is 19.1. The van der Waals surface area contributed by atoms with E-state index < -0.39 is 24.3 Å². The van der Waals surface area contributed by atoms with E-state index in [4.69, 9.17) is 9.26 Å². The molecule has 0 radical (unpaired) electrons. The average Bonchev–Trinajstić information content (AvgIpc) is 2.82. The third kappa shape index (κ3) is 3.41. The fraction of sp³-hybridized carbons (Fsp3) is 0.154. The highest BCUT2D eigenvalue weighted by molar-refractivity contribution is 5.94. The van der Waals surface area contributed by atoms with Crippen molar-refractivity contribution in [3.05, 3.63) is 47.4 Å². The molecule has 7 heteroatoms. The van der Waals surface area contributed by atoms with Gasteiger partial charge in [-0.25, -0.2) is 9.18 Å². The maximum atomic E-state index is 13.3. The van der Waals surface area contributed by atoms with Crippen molar-refractivity contribution in [1.82, 2.24) is 5.16 Å². The topological polar surface area (TPSA) is 81.4 Å². The van der Waals surface area contributed by atoms with Gasteiger partial charge in [0.25, 0.3) is 5.91 Å². The molecule has 0 atom stereocenters. The second-order valence-electron chi connectivity index (χ2n) is 3.94. The molecular formula is C13H11FN2O4. The normalized spacial score (nSPS) is 10.1. The molecule has 0 unspecified atom stereocenters. The minimum absolute atomic E-state index is 0.148. The van der Waals surface area contributed by atoms with Crippen LogP contribution in [0.2, 0.25) is 0 Å². The molecule has 2 rings (SSSR count). The number of carbonyl (C=O) groups is 2. The van der Waals surface area contributed by atoms with Crippen LogP contribution in [-0.4, -0.2) is 23.6 Å². The maximum Gasteiger partial charge on any atom is 0.341 e. The molecule has 1 aromatic carbocycles. The molecule has 104 valence electrons. The van der Waals surface area contributed by atoms with Crippen LogP contribution in [0, 0.1) is 12.7 Å². The van der Waals surface area contributed by atoms with Crippen molar-refractivity contribution in [2.75, 3.05) is 11.9 Å². The highest BCUT2D eigenvalue weighted by Crippen LogP contribution is 2.09. The van der Waals surface area contributed by atoms with Crippen LogP contribution in [0.5, 0.6) is 0 Å². The summed E-state index contributed by atoms with van der Waals surface area (Å²) in [5, 5.41) is 5.92. The first kappa shape index (κ1) is 13.7. The number of benzene rings is 1. The van der Waals surface area contributed by atoms with Gasteiger partial charge in [0.1, 0.15) is 5.82 Å². The zero-order valence-electron chi connectivity index (χ0n) is 10.6. The van der Waals surface area contributed by atoms with E-state index in [1.54, 1.807) is 6.92 Å². The fourth-order valence-corrected chi connectivity index (χ4v) is 1.43. The summed E-state index contributed by atoms with van der Waals surface area (Å²) < 4.78 is 22.7. The Labute approximate surface area is 113 Å². The maximum absolute atomic E-state index is 13.3. The van der Waals surface area contributed by atoms with Crippen molar-refractivity contribution in [1.29, 1.82) is 0 Å². The summed E-state index contributed by atoms with van der Waals surface area (Å²) in [6, 6.07) is 6.86. The van der Waals surface area contributed by atoms with Gasteiger partial charge in [0, 0.05) is 6.07 Å². The fourth-order valence-electron chi connectivity index (χ4n) is 1.43. The molecule has 0 bridgehead atoms. The van der Waals surface area contributed by atoms with E-state index in [2.05, 4.69) is 10.5 Å². The van der Waals surface area contributed by atoms with Gasteiger partial charge in [0.2, 0.25) is 5.88 Å². The van der Waals surface area contributed by atoms with E-state index in [-0.39, 0.29) is 11.4 Å². The molecule has 1 amide bonds. The lowest BCUT2D eigenvalue weighted by molar-refractivity contribution is -0.119. The van der Waals surface area contributed by atoms with Gasteiger partial charge in [-0.3, -0.25) is 10.1 Å². The Morgan fingerprint density at radius 2 is 2.15 bits per heavy atom. The molecule has 0 saturated heterocycles. The molecule has 1 aromatic heterocycles. The standard InChI is InChI=1S/C13H11FN2O4/c1-8-6-12(20-16-8)15-11(17)7-19-13(18)9-4-2-3-5-10(9)14/h2-6H,7H2,1H3,(H,15,17). The predicted molar refractivity (Wildman–Crippen MR) is 66.6 cm³/mol. The third-order valence-corrected chi connectivity index (χ3v) is 2.32. The minimum Gasteiger partial charge on any atom is -0.452 e. The number of amides is 1. The van der Waals surface area contributed by atoms with Gasteiger partial charge in [-0.1, -0.05) is 17.3 Å². The number of aromatic nitrogens is 1. The summed E-state index contributed by atoms with van der Waals surface area (Å²) in [7, 11) is 0. The Bertz CT molecular complexity index is 639. The van der Waals surface area contributed by atoms with Crippen molar-refractivity contribution in [2.45, 2.75) is 6.92 Å². The molecule has 0 aliphatic carbocycles. The van der Waals surface area contributed by atoms with Crippen LogP contribution in [0.3, 0.4) is 0 Å². The SMILES string of the molecule is Cc1cc(NC(=O)COC(=O)c2ccccc2F)on1. The second-order valence-corrected chi connectivity index (χ2v) is 3.94. The summed E-state index contributed by atoms with van der Waals surface area (Å²) in [6.07, 6.45) is 0. The van der Waals surface area contributed by atoms with Gasteiger partial charge >= 0.3 is 5.97 Å². The van der Waals surface area contributed by atoms with Gasteiger partial charge in [0.15, 0.2) is 6.61 Å². The first-order valence-corrected chi connectivity index (χ1v) is 5.71. The quantitative estimate of drug-likeness (QED) is 0.864. The molecular weight excluding hydrogens is 267 g/mol. The number of anilines is 1. The van der Waals surface area contributed by atoms with Crippen LogP contribution in [0.4, 0.5) is 10.3 Å². The zero-order chi connectivity index (χ0) is 14.5. The first-order valence-electron chi connectivity index (χ1n) is 5.71. The van der Waals surface area contributed by atoms with Gasteiger partial charge in [-0.15, -0.1) is 0 Å². The summed E-state index contributed by atoms with van der Waals surface area (Å²) in [6.45, 7) is 1.14. The molecule has 0 aliphatic rings. The van der Waals surface area contributed by atoms with Crippen LogP contribution in [0.25, 0.3) is 0 Å². The van der Waals surface area contributed by atoms with E-state index in [1.807, 2.05) is 0 Å². The number of hydrogen-bond donors (Lipinski definition) is 1. The van der Waals surface area contributed by atoms with E-state index >= 15 is 0 Å². The van der Waals surface area contributed by atoms with Crippen LogP contribution in [0.1, 0.15) is 16.1 Å². The molecule has 1 N–H and O–H groups in total. The van der Waals surface area contributed by atoms with Crippen LogP contribution < -0.4 is 5.32 Å². The first-order chi connectivity index (χ1) is 9.56. The second kappa shape index (κ2) is 5.96. The highest BCUT2D eigenvalue weighted by Gasteiger charge is 2.14. The molecule has 2 aromatic rings. The van der Waals surface area contributed by atoms with Crippen molar-refractivity contribution in [3.8, 4) is 0 Å². The molecule has 20 heavy (non-hydrogen) atoms. The lowest BCUT2D eigenvalue weighted by Crippen LogP contribution is -2.21. The van der Waals surface area contributed by atoms with Gasteiger partial charge in [-0.2, -0.15) is 0 Å². The number of aryl methyl sites for hydroxylation is 1. The number of hydrogen-bond acceptors (Lipinski definition) is 5. The minimum atomic E-state index is -0.910. The van der Waals surface area contributed by atoms with E-state index in [1.165, 1.54) is 24.3 Å². The summed E-state index contributed by atoms with van der Waals surface area (Å²) in [4.78, 5) is 23.0. The number of nitrogens with zero attached hydrogens (tertiary/aromatic N) is 1. The van der Waals surface area contributed by atoms with Crippen molar-refractivity contribution >= 4 is 17.8 Å². The number of ether oxygens (including phenoxy) is 1. The molecule has 1 heterocycles. The predicted octanol–water partition coefficient (Wildman–Crippen LogP) is 1.92. The lowest BCUT2D eigenvalue weighted by Gasteiger charge is -2.04. The van der Waals surface area contributed by atoms with Crippen molar-refractivity contribution < 1.29 is 23.2 Å². The van der Waals surface area contributed by atoms with Crippen LogP contribution >= 0.6 is 0 Å². The number of nitrogens with one attached hydrogen (secondary N) is 1. The number of carbonyl (C=O) groups excluding carboxylic acids is 2. The number of rotatable bonds is 4. The Balaban J connectivity index is 1.87. The van der Waals surface area contributed by atoms with E-state index in [0.29, 0.717) is 5.69 Å². The van der Waals surface area contributed by atoms with Crippen molar-refractivity contribution in [2.24, 2.45) is 0 Å². The Kier molecular flexibility index (Phi) is 4.09. The Morgan fingerprint density at radius 3 is 2.80 bits per heavy atom. The molecule has 0 fully saturated rings. The largest absolute Gasteiger partial charge is 0.452 e. The number of halogens is 1. The van der Waals surface area contributed by atoms with Gasteiger partial charge in [-0.05, 0) is 19.1 Å².